The zero-order valence-corrected chi connectivity index (χ0v) is 14.8. The summed E-state index contributed by atoms with van der Waals surface area (Å²) < 4.78 is 12.1. The lowest BCUT2D eigenvalue weighted by molar-refractivity contribution is 0.147. The first-order valence-corrected chi connectivity index (χ1v) is 9.09. The SMILES string of the molecule is Cc1ccccc1OCC1CCC(COc2ccccc2C)CC1. The molecule has 0 unspecified atom stereocenters. The van der Waals surface area contributed by atoms with Gasteiger partial charge in [0.1, 0.15) is 11.5 Å². The van der Waals surface area contributed by atoms with Gasteiger partial charge in [0.25, 0.3) is 0 Å². The van der Waals surface area contributed by atoms with Crippen LogP contribution in [0.5, 0.6) is 11.5 Å². The number of ether oxygens (including phenoxy) is 2. The maximum absolute atomic E-state index is 6.03. The van der Waals surface area contributed by atoms with Gasteiger partial charge in [-0.15, -0.1) is 0 Å². The van der Waals surface area contributed by atoms with E-state index in [1.807, 2.05) is 12.1 Å². The summed E-state index contributed by atoms with van der Waals surface area (Å²) in [6, 6.07) is 16.5. The quantitative estimate of drug-likeness (QED) is 0.692. The van der Waals surface area contributed by atoms with E-state index in [0.717, 1.165) is 24.7 Å². The first kappa shape index (κ1) is 16.9. The standard InChI is InChI=1S/C22H28O2/c1-17-7-3-5-9-21(17)23-15-19-11-13-20(14-12-19)16-24-22-10-6-4-8-18(22)2/h3-10,19-20H,11-16H2,1-2H3. The van der Waals surface area contributed by atoms with Gasteiger partial charge >= 0.3 is 0 Å². The lowest BCUT2D eigenvalue weighted by Gasteiger charge is -2.28. The molecule has 0 heterocycles. The predicted octanol–water partition coefficient (Wildman–Crippen LogP) is 5.57. The van der Waals surface area contributed by atoms with Crippen molar-refractivity contribution in [3.63, 3.8) is 0 Å². The van der Waals surface area contributed by atoms with Crippen molar-refractivity contribution in [2.75, 3.05) is 13.2 Å². The van der Waals surface area contributed by atoms with Gasteiger partial charge in [-0.1, -0.05) is 36.4 Å². The summed E-state index contributed by atoms with van der Waals surface area (Å²) >= 11 is 0. The van der Waals surface area contributed by atoms with Gasteiger partial charge < -0.3 is 9.47 Å². The summed E-state index contributed by atoms with van der Waals surface area (Å²) in [5.74, 6) is 3.42. The Kier molecular flexibility index (Phi) is 5.79. The fourth-order valence-corrected chi connectivity index (χ4v) is 3.42. The van der Waals surface area contributed by atoms with E-state index in [1.165, 1.54) is 36.8 Å². The molecule has 2 nitrogen and oxygen atoms in total. The average molecular weight is 324 g/mol. The van der Waals surface area contributed by atoms with Crippen LogP contribution < -0.4 is 9.47 Å². The normalized spacial score (nSPS) is 20.6. The van der Waals surface area contributed by atoms with Crippen molar-refractivity contribution in [2.24, 2.45) is 11.8 Å². The molecule has 24 heavy (non-hydrogen) atoms. The Morgan fingerprint density at radius 3 is 1.42 bits per heavy atom. The summed E-state index contributed by atoms with van der Waals surface area (Å²) in [6.45, 7) is 5.90. The van der Waals surface area contributed by atoms with Crippen LogP contribution in [0.2, 0.25) is 0 Å². The Hall–Kier alpha value is -1.96. The molecule has 3 rings (SSSR count). The maximum atomic E-state index is 6.03. The predicted molar refractivity (Wildman–Crippen MR) is 98.8 cm³/mol. The minimum absolute atomic E-state index is 0.680. The van der Waals surface area contributed by atoms with Gasteiger partial charge in [-0.3, -0.25) is 0 Å². The second-order valence-electron chi connectivity index (χ2n) is 7.04. The van der Waals surface area contributed by atoms with Crippen molar-refractivity contribution in [2.45, 2.75) is 39.5 Å². The van der Waals surface area contributed by atoms with Gasteiger partial charge in [0.2, 0.25) is 0 Å². The van der Waals surface area contributed by atoms with E-state index >= 15 is 0 Å². The van der Waals surface area contributed by atoms with E-state index in [-0.39, 0.29) is 0 Å². The van der Waals surface area contributed by atoms with Crippen LogP contribution in [0.25, 0.3) is 0 Å². The molecule has 0 aliphatic heterocycles. The van der Waals surface area contributed by atoms with Crippen LogP contribution in [-0.2, 0) is 0 Å². The molecule has 1 saturated carbocycles. The largest absolute Gasteiger partial charge is 0.493 e. The maximum Gasteiger partial charge on any atom is 0.122 e. The van der Waals surface area contributed by atoms with Crippen molar-refractivity contribution in [1.82, 2.24) is 0 Å². The van der Waals surface area contributed by atoms with Crippen LogP contribution in [0.4, 0.5) is 0 Å². The highest BCUT2D eigenvalue weighted by Gasteiger charge is 2.22. The third-order valence-electron chi connectivity index (χ3n) is 5.10. The minimum Gasteiger partial charge on any atom is -0.493 e. The second kappa shape index (κ2) is 8.23. The van der Waals surface area contributed by atoms with Crippen molar-refractivity contribution in [3.8, 4) is 11.5 Å². The monoisotopic (exact) mass is 324 g/mol. The first-order chi connectivity index (χ1) is 11.7. The topological polar surface area (TPSA) is 18.5 Å². The van der Waals surface area contributed by atoms with E-state index in [9.17, 15) is 0 Å². The Morgan fingerprint density at radius 2 is 1.04 bits per heavy atom. The summed E-state index contributed by atoms with van der Waals surface area (Å²) in [5.41, 5.74) is 2.44. The van der Waals surface area contributed by atoms with Crippen molar-refractivity contribution in [1.29, 1.82) is 0 Å². The Morgan fingerprint density at radius 1 is 0.667 bits per heavy atom. The van der Waals surface area contributed by atoms with Gasteiger partial charge in [0.15, 0.2) is 0 Å². The van der Waals surface area contributed by atoms with Crippen LogP contribution >= 0.6 is 0 Å². The summed E-state index contributed by atoms with van der Waals surface area (Å²) in [7, 11) is 0. The molecular weight excluding hydrogens is 296 g/mol. The summed E-state index contributed by atoms with van der Waals surface area (Å²) in [6.07, 6.45) is 4.97. The average Bonchev–Trinajstić information content (AvgIpc) is 2.61. The molecule has 0 radical (unpaired) electrons. The van der Waals surface area contributed by atoms with Crippen molar-refractivity contribution < 1.29 is 9.47 Å². The fourth-order valence-electron chi connectivity index (χ4n) is 3.42. The molecule has 0 spiro atoms. The third kappa shape index (κ3) is 4.53. The van der Waals surface area contributed by atoms with Gasteiger partial charge in [-0.25, -0.2) is 0 Å². The number of hydrogen-bond donors (Lipinski definition) is 0. The highest BCUT2D eigenvalue weighted by molar-refractivity contribution is 5.32. The van der Waals surface area contributed by atoms with Gasteiger partial charge in [-0.05, 0) is 74.6 Å². The number of rotatable bonds is 6. The fraction of sp³-hybridized carbons (Fsp3) is 0.455. The van der Waals surface area contributed by atoms with Crippen LogP contribution in [0.3, 0.4) is 0 Å². The highest BCUT2D eigenvalue weighted by atomic mass is 16.5. The molecule has 0 aromatic heterocycles. The van der Waals surface area contributed by atoms with Gasteiger partial charge in [0.05, 0.1) is 13.2 Å². The molecule has 2 aromatic carbocycles. The Labute approximate surface area is 145 Å². The van der Waals surface area contributed by atoms with Crippen LogP contribution in [0.1, 0.15) is 36.8 Å². The molecule has 128 valence electrons. The van der Waals surface area contributed by atoms with Gasteiger partial charge in [0, 0.05) is 0 Å². The van der Waals surface area contributed by atoms with Crippen molar-refractivity contribution in [3.05, 3.63) is 59.7 Å². The zero-order valence-electron chi connectivity index (χ0n) is 14.8. The molecule has 0 N–H and O–H groups in total. The smallest absolute Gasteiger partial charge is 0.122 e. The molecule has 1 aliphatic rings. The highest BCUT2D eigenvalue weighted by Crippen LogP contribution is 2.30. The van der Waals surface area contributed by atoms with E-state index in [4.69, 9.17) is 9.47 Å². The molecular formula is C22H28O2. The molecule has 2 aromatic rings. The van der Waals surface area contributed by atoms with Crippen molar-refractivity contribution >= 4 is 0 Å². The van der Waals surface area contributed by atoms with Crippen LogP contribution in [0.15, 0.2) is 48.5 Å². The number of aryl methyl sites for hydroxylation is 2. The summed E-state index contributed by atoms with van der Waals surface area (Å²) in [5, 5.41) is 0. The number of benzene rings is 2. The molecule has 2 heteroatoms. The van der Waals surface area contributed by atoms with E-state index in [0.29, 0.717) is 11.8 Å². The van der Waals surface area contributed by atoms with E-state index < -0.39 is 0 Å². The molecule has 1 aliphatic carbocycles. The lowest BCUT2D eigenvalue weighted by atomic mass is 9.83. The number of para-hydroxylation sites is 2. The Balaban J connectivity index is 1.40. The molecule has 1 fully saturated rings. The third-order valence-corrected chi connectivity index (χ3v) is 5.10. The van der Waals surface area contributed by atoms with Gasteiger partial charge in [-0.2, -0.15) is 0 Å². The molecule has 0 atom stereocenters. The summed E-state index contributed by atoms with van der Waals surface area (Å²) in [4.78, 5) is 0. The zero-order chi connectivity index (χ0) is 16.8. The van der Waals surface area contributed by atoms with Crippen LogP contribution in [0, 0.1) is 25.7 Å². The van der Waals surface area contributed by atoms with E-state index in [1.54, 1.807) is 0 Å². The second-order valence-corrected chi connectivity index (χ2v) is 7.04. The molecule has 0 amide bonds. The Bertz CT molecular complexity index is 584. The molecule has 0 saturated heterocycles. The minimum atomic E-state index is 0.680. The van der Waals surface area contributed by atoms with E-state index in [2.05, 4.69) is 50.2 Å². The lowest BCUT2D eigenvalue weighted by Crippen LogP contribution is -2.23. The van der Waals surface area contributed by atoms with Crippen LogP contribution in [-0.4, -0.2) is 13.2 Å². The number of hydrogen-bond acceptors (Lipinski definition) is 2. The first-order valence-electron chi connectivity index (χ1n) is 9.09. The molecule has 0 bridgehead atoms.